The van der Waals surface area contributed by atoms with E-state index in [1.807, 2.05) is 13.0 Å². The highest BCUT2D eigenvalue weighted by atomic mass is 14.6. The van der Waals surface area contributed by atoms with Gasteiger partial charge in [-0.15, -0.1) is 0 Å². The van der Waals surface area contributed by atoms with Gasteiger partial charge in [-0.2, -0.15) is 0 Å². The molecule has 0 aliphatic heterocycles. The summed E-state index contributed by atoms with van der Waals surface area (Å²) in [5.41, 5.74) is 5.67. The minimum absolute atomic E-state index is 0.788. The van der Waals surface area contributed by atoms with E-state index in [1.165, 1.54) is 16.7 Å². The van der Waals surface area contributed by atoms with Gasteiger partial charge >= 0.3 is 0 Å². The van der Waals surface area contributed by atoms with E-state index in [4.69, 9.17) is 6.57 Å². The van der Waals surface area contributed by atoms with E-state index in [2.05, 4.69) is 25.6 Å². The number of hydrogen-bond acceptors (Lipinski definition) is 0. The Kier molecular flexibility index (Phi) is 2.19. The predicted molar refractivity (Wildman–Crippen MR) is 51.7 cm³/mol. The molecule has 0 spiro atoms. The van der Waals surface area contributed by atoms with Crippen LogP contribution in [0.1, 0.15) is 22.3 Å². The van der Waals surface area contributed by atoms with Gasteiger partial charge in [-0.3, -0.25) is 0 Å². The molecule has 0 bridgehead atoms. The van der Waals surface area contributed by atoms with Crippen molar-refractivity contribution in [1.82, 2.24) is 0 Å². The first-order valence-electron chi connectivity index (χ1n) is 4.02. The fraction of sp³-hybridized carbons (Fsp3) is 0.364. The van der Waals surface area contributed by atoms with Crippen molar-refractivity contribution >= 4 is 5.69 Å². The Morgan fingerprint density at radius 3 is 2.08 bits per heavy atom. The van der Waals surface area contributed by atoms with Crippen LogP contribution in [0, 0.1) is 34.3 Å². The summed E-state index contributed by atoms with van der Waals surface area (Å²) in [7, 11) is 0. The van der Waals surface area contributed by atoms with Crippen LogP contribution in [0.3, 0.4) is 0 Å². The van der Waals surface area contributed by atoms with Crippen LogP contribution in [0.4, 0.5) is 5.69 Å². The lowest BCUT2D eigenvalue weighted by Gasteiger charge is -2.09. The Balaban J connectivity index is 3.52. The molecule has 1 aromatic carbocycles. The Hall–Kier alpha value is -1.29. The van der Waals surface area contributed by atoms with Gasteiger partial charge in [0.2, 0.25) is 0 Å². The van der Waals surface area contributed by atoms with Gasteiger partial charge in [-0.05, 0) is 38.8 Å². The molecule has 1 heteroatoms. The van der Waals surface area contributed by atoms with Crippen LogP contribution in [0.15, 0.2) is 6.07 Å². The van der Waals surface area contributed by atoms with Crippen molar-refractivity contribution in [3.05, 3.63) is 39.7 Å². The lowest BCUT2D eigenvalue weighted by Crippen LogP contribution is -1.89. The topological polar surface area (TPSA) is 4.36 Å². The summed E-state index contributed by atoms with van der Waals surface area (Å²) >= 11 is 0. The van der Waals surface area contributed by atoms with Crippen molar-refractivity contribution in [2.24, 2.45) is 0 Å². The number of hydrogen-bond donors (Lipinski definition) is 0. The van der Waals surface area contributed by atoms with Crippen LogP contribution in [0.2, 0.25) is 0 Å². The fourth-order valence-electron chi connectivity index (χ4n) is 1.31. The monoisotopic (exact) mass is 159 g/mol. The zero-order valence-corrected chi connectivity index (χ0v) is 8.02. The Morgan fingerprint density at radius 1 is 1.00 bits per heavy atom. The van der Waals surface area contributed by atoms with Crippen molar-refractivity contribution in [1.29, 1.82) is 0 Å². The maximum absolute atomic E-state index is 6.97. The smallest absolute Gasteiger partial charge is 0.190 e. The summed E-state index contributed by atoms with van der Waals surface area (Å²) in [4.78, 5) is 3.48. The molecule has 0 N–H and O–H groups in total. The molecular weight excluding hydrogens is 146 g/mol. The zero-order valence-electron chi connectivity index (χ0n) is 8.02. The largest absolute Gasteiger partial charge is 0.238 e. The molecule has 12 heavy (non-hydrogen) atoms. The van der Waals surface area contributed by atoms with Crippen LogP contribution in [0.5, 0.6) is 0 Å². The molecule has 0 radical (unpaired) electrons. The molecule has 0 aliphatic carbocycles. The minimum atomic E-state index is 0.788. The third-order valence-corrected chi connectivity index (χ3v) is 2.57. The summed E-state index contributed by atoms with van der Waals surface area (Å²) in [6, 6.07) is 1.96. The summed E-state index contributed by atoms with van der Waals surface area (Å²) in [5, 5.41) is 0. The highest BCUT2D eigenvalue weighted by Crippen LogP contribution is 2.26. The normalized spacial score (nSPS) is 9.58. The maximum Gasteiger partial charge on any atom is 0.190 e. The molecule has 62 valence electrons. The molecule has 0 aliphatic rings. The van der Waals surface area contributed by atoms with E-state index in [0.717, 1.165) is 11.3 Å². The third-order valence-electron chi connectivity index (χ3n) is 2.57. The molecule has 0 fully saturated rings. The lowest BCUT2D eigenvalue weighted by atomic mass is 9.98. The van der Waals surface area contributed by atoms with Gasteiger partial charge < -0.3 is 0 Å². The molecule has 1 aromatic rings. The van der Waals surface area contributed by atoms with E-state index in [-0.39, 0.29) is 0 Å². The van der Waals surface area contributed by atoms with Crippen LogP contribution < -0.4 is 0 Å². The van der Waals surface area contributed by atoms with Crippen molar-refractivity contribution < 1.29 is 0 Å². The first kappa shape index (κ1) is 8.80. The molecule has 0 amide bonds. The Labute approximate surface area is 73.9 Å². The summed E-state index contributed by atoms with van der Waals surface area (Å²) in [6.45, 7) is 15.2. The lowest BCUT2D eigenvalue weighted by molar-refractivity contribution is 1.22. The second-order valence-electron chi connectivity index (χ2n) is 3.20. The van der Waals surface area contributed by atoms with E-state index in [1.54, 1.807) is 0 Å². The highest BCUT2D eigenvalue weighted by Gasteiger charge is 2.05. The highest BCUT2D eigenvalue weighted by molar-refractivity contribution is 5.59. The van der Waals surface area contributed by atoms with Gasteiger partial charge in [0, 0.05) is 0 Å². The van der Waals surface area contributed by atoms with Crippen LogP contribution in [0.25, 0.3) is 4.85 Å². The SMILES string of the molecule is [C-]#[N+]c1cc(C)c(C)c(C)c1C. The van der Waals surface area contributed by atoms with Gasteiger partial charge in [0.15, 0.2) is 5.69 Å². The molecule has 0 saturated carbocycles. The minimum Gasteiger partial charge on any atom is -0.238 e. The molecule has 1 nitrogen and oxygen atoms in total. The first-order valence-corrected chi connectivity index (χ1v) is 4.02. The Morgan fingerprint density at radius 2 is 1.58 bits per heavy atom. The van der Waals surface area contributed by atoms with Gasteiger partial charge in [0.1, 0.15) is 0 Å². The Bertz CT molecular complexity index is 356. The molecular formula is C11H13N. The molecule has 0 saturated heterocycles. The average Bonchev–Trinajstić information content (AvgIpc) is 2.08. The van der Waals surface area contributed by atoms with Gasteiger partial charge in [0.05, 0.1) is 6.57 Å². The van der Waals surface area contributed by atoms with E-state index in [9.17, 15) is 0 Å². The standard InChI is InChI=1S/C11H13N/c1-7-6-11(12-5)10(4)9(3)8(7)2/h6H,1-4H3. The number of rotatable bonds is 0. The molecule has 1 rings (SSSR count). The average molecular weight is 159 g/mol. The quantitative estimate of drug-likeness (QED) is 0.510. The van der Waals surface area contributed by atoms with E-state index < -0.39 is 0 Å². The molecule has 0 atom stereocenters. The number of benzene rings is 1. The van der Waals surface area contributed by atoms with Crippen LogP contribution in [-0.2, 0) is 0 Å². The van der Waals surface area contributed by atoms with Crippen molar-refractivity contribution in [3.8, 4) is 0 Å². The van der Waals surface area contributed by atoms with Gasteiger partial charge in [-0.25, -0.2) is 4.85 Å². The molecule has 0 unspecified atom stereocenters. The van der Waals surface area contributed by atoms with Crippen molar-refractivity contribution in [2.75, 3.05) is 0 Å². The first-order chi connectivity index (χ1) is 5.57. The second kappa shape index (κ2) is 2.98. The summed E-state index contributed by atoms with van der Waals surface area (Å²) in [5.74, 6) is 0. The molecule has 0 heterocycles. The molecule has 0 aromatic heterocycles. The third kappa shape index (κ3) is 1.21. The van der Waals surface area contributed by atoms with E-state index in [0.29, 0.717) is 0 Å². The van der Waals surface area contributed by atoms with Gasteiger partial charge in [0.25, 0.3) is 0 Å². The number of aryl methyl sites for hydroxylation is 1. The number of nitrogens with zero attached hydrogens (tertiary/aromatic N) is 1. The fourth-order valence-corrected chi connectivity index (χ4v) is 1.31. The second-order valence-corrected chi connectivity index (χ2v) is 3.20. The van der Waals surface area contributed by atoms with Gasteiger partial charge in [-0.1, -0.05) is 17.2 Å². The summed E-state index contributed by atoms with van der Waals surface area (Å²) < 4.78 is 0. The predicted octanol–water partition coefficient (Wildman–Crippen LogP) is 3.47. The summed E-state index contributed by atoms with van der Waals surface area (Å²) in [6.07, 6.45) is 0. The van der Waals surface area contributed by atoms with Crippen molar-refractivity contribution in [2.45, 2.75) is 27.7 Å². The van der Waals surface area contributed by atoms with E-state index >= 15 is 0 Å². The van der Waals surface area contributed by atoms with Crippen LogP contribution >= 0.6 is 0 Å². The zero-order chi connectivity index (χ0) is 9.30. The van der Waals surface area contributed by atoms with Crippen LogP contribution in [-0.4, -0.2) is 0 Å². The van der Waals surface area contributed by atoms with Crippen molar-refractivity contribution in [3.63, 3.8) is 0 Å². The maximum atomic E-state index is 6.97.